The number of fused-ring (bicyclic) bond motifs is 1. The molecule has 0 bridgehead atoms. The van der Waals surface area contributed by atoms with Gasteiger partial charge in [0.15, 0.2) is 5.82 Å². The van der Waals surface area contributed by atoms with Gasteiger partial charge in [0.1, 0.15) is 13.2 Å². The Balaban J connectivity index is 2.25. The Kier molecular flexibility index (Phi) is 2.39. The summed E-state index contributed by atoms with van der Waals surface area (Å²) in [5.74, 6) is -0.631. The highest BCUT2D eigenvalue weighted by Crippen LogP contribution is 2.13. The van der Waals surface area contributed by atoms with Crippen molar-refractivity contribution < 1.29 is 10.0 Å². The Morgan fingerprint density at radius 2 is 2.00 bits per heavy atom. The Bertz CT molecular complexity index is 726. The lowest BCUT2D eigenvalue weighted by atomic mass is 10.3. The molecule has 1 saturated heterocycles. The first-order chi connectivity index (χ1) is 9.08. The fourth-order valence-corrected chi connectivity index (χ4v) is 2.07. The van der Waals surface area contributed by atoms with Crippen LogP contribution in [0.5, 0.6) is 0 Å². The Morgan fingerprint density at radius 3 is 2.68 bits per heavy atom. The van der Waals surface area contributed by atoms with Gasteiger partial charge in [-0.15, -0.1) is 0 Å². The maximum atomic E-state index is 12.1. The molecule has 2 heterocycles. The number of carbonyl (C=O) groups is 1. The molecule has 1 aliphatic heterocycles. The minimum absolute atomic E-state index is 0.0911. The molecule has 0 saturated carbocycles. The molecule has 19 heavy (non-hydrogen) atoms. The second-order valence-corrected chi connectivity index (χ2v) is 4.20. The summed E-state index contributed by atoms with van der Waals surface area (Å²) >= 11 is 0. The van der Waals surface area contributed by atoms with Crippen molar-refractivity contribution in [2.24, 2.45) is 0 Å². The maximum absolute atomic E-state index is 12.1. The molecule has 1 aromatic carbocycles. The lowest BCUT2D eigenvalue weighted by Gasteiger charge is -2.21. The molecular weight excluding hydrogens is 250 g/mol. The van der Waals surface area contributed by atoms with Crippen LogP contribution in [-0.4, -0.2) is 39.1 Å². The zero-order valence-electron chi connectivity index (χ0n) is 9.85. The standard InChI is InChI=1S/C11H11N5O3/c12-10-11(18)16(14-5-9(17)15(19)6-14)8-4-2-1-3-7(8)13-10/h1-4,19H,5-6H2,(H2,12,13). The normalized spacial score (nSPS) is 15.5. The van der Waals surface area contributed by atoms with E-state index in [0.717, 1.165) is 0 Å². The number of nitrogens with zero attached hydrogens (tertiary/aromatic N) is 4. The molecule has 1 aliphatic rings. The van der Waals surface area contributed by atoms with Crippen LogP contribution in [-0.2, 0) is 4.79 Å². The number of nitrogens with two attached hydrogens (primary N) is 1. The van der Waals surface area contributed by atoms with Gasteiger partial charge in [-0.25, -0.2) is 14.7 Å². The molecule has 1 aromatic heterocycles. The summed E-state index contributed by atoms with van der Waals surface area (Å²) in [6, 6.07) is 6.95. The van der Waals surface area contributed by atoms with Gasteiger partial charge < -0.3 is 5.73 Å². The Morgan fingerprint density at radius 1 is 1.26 bits per heavy atom. The van der Waals surface area contributed by atoms with Crippen LogP contribution in [0.4, 0.5) is 5.82 Å². The van der Waals surface area contributed by atoms with Crippen molar-refractivity contribution >= 4 is 22.8 Å². The van der Waals surface area contributed by atoms with Crippen LogP contribution in [0.25, 0.3) is 11.0 Å². The van der Waals surface area contributed by atoms with Gasteiger partial charge >= 0.3 is 5.56 Å². The number of benzene rings is 1. The molecule has 1 amide bonds. The van der Waals surface area contributed by atoms with Crippen molar-refractivity contribution in [1.29, 1.82) is 0 Å². The summed E-state index contributed by atoms with van der Waals surface area (Å²) < 4.78 is 1.27. The first-order valence-electron chi connectivity index (χ1n) is 5.59. The fourth-order valence-electron chi connectivity index (χ4n) is 2.07. The number of hydrogen-bond acceptors (Lipinski definition) is 6. The molecule has 3 rings (SSSR count). The highest BCUT2D eigenvalue weighted by atomic mass is 16.5. The summed E-state index contributed by atoms with van der Waals surface area (Å²) in [5.41, 5.74) is 6.16. The van der Waals surface area contributed by atoms with E-state index in [1.165, 1.54) is 9.69 Å². The number of hydrogen-bond donors (Lipinski definition) is 2. The number of aromatic nitrogens is 2. The first-order valence-corrected chi connectivity index (χ1v) is 5.59. The zero-order chi connectivity index (χ0) is 13.6. The van der Waals surface area contributed by atoms with E-state index in [9.17, 15) is 14.8 Å². The first kappa shape index (κ1) is 11.5. The third-order valence-corrected chi connectivity index (χ3v) is 2.95. The molecule has 0 radical (unpaired) electrons. The van der Waals surface area contributed by atoms with Crippen LogP contribution in [0.3, 0.4) is 0 Å². The molecule has 0 aliphatic carbocycles. The average molecular weight is 261 g/mol. The molecule has 0 atom stereocenters. The number of para-hydroxylation sites is 2. The molecule has 8 heteroatoms. The van der Waals surface area contributed by atoms with Crippen LogP contribution < -0.4 is 16.3 Å². The molecular formula is C11H11N5O3. The summed E-state index contributed by atoms with van der Waals surface area (Å²) in [7, 11) is 0. The molecule has 2 aromatic rings. The quantitative estimate of drug-likeness (QED) is 0.645. The van der Waals surface area contributed by atoms with E-state index in [0.29, 0.717) is 16.1 Å². The van der Waals surface area contributed by atoms with Crippen LogP contribution >= 0.6 is 0 Å². The predicted octanol–water partition coefficient (Wildman–Crippen LogP) is -0.894. The number of nitrogen functional groups attached to an aromatic ring is 1. The van der Waals surface area contributed by atoms with Gasteiger partial charge in [-0.3, -0.25) is 19.8 Å². The summed E-state index contributed by atoms with van der Waals surface area (Å²) in [5, 5.41) is 11.3. The van der Waals surface area contributed by atoms with Crippen molar-refractivity contribution in [2.75, 3.05) is 24.0 Å². The molecule has 1 fully saturated rings. The van der Waals surface area contributed by atoms with Gasteiger partial charge in [0.25, 0.3) is 5.91 Å². The van der Waals surface area contributed by atoms with Crippen molar-refractivity contribution in [3.05, 3.63) is 34.6 Å². The third-order valence-electron chi connectivity index (χ3n) is 2.95. The van der Waals surface area contributed by atoms with E-state index < -0.39 is 11.5 Å². The SMILES string of the molecule is Nc1nc2ccccc2n(N2CC(=O)N(O)C2)c1=O. The number of anilines is 1. The van der Waals surface area contributed by atoms with Gasteiger partial charge in [0, 0.05) is 0 Å². The highest BCUT2D eigenvalue weighted by molar-refractivity contribution is 5.82. The highest BCUT2D eigenvalue weighted by Gasteiger charge is 2.28. The van der Waals surface area contributed by atoms with Crippen LogP contribution in [0, 0.1) is 0 Å². The lowest BCUT2D eigenvalue weighted by Crippen LogP contribution is -2.42. The van der Waals surface area contributed by atoms with E-state index in [1.54, 1.807) is 24.3 Å². The topological polar surface area (TPSA) is 105 Å². The molecule has 8 nitrogen and oxygen atoms in total. The molecule has 3 N–H and O–H groups in total. The maximum Gasteiger partial charge on any atom is 0.312 e. The van der Waals surface area contributed by atoms with Gasteiger partial charge in [-0.05, 0) is 12.1 Å². The minimum Gasteiger partial charge on any atom is -0.379 e. The van der Waals surface area contributed by atoms with Crippen molar-refractivity contribution in [3.8, 4) is 0 Å². The summed E-state index contributed by atoms with van der Waals surface area (Å²) in [6.07, 6.45) is 0. The molecule has 0 spiro atoms. The second kappa shape index (κ2) is 3.95. The van der Waals surface area contributed by atoms with Crippen molar-refractivity contribution in [3.63, 3.8) is 0 Å². The van der Waals surface area contributed by atoms with Crippen LogP contribution in [0.2, 0.25) is 0 Å². The monoisotopic (exact) mass is 261 g/mol. The second-order valence-electron chi connectivity index (χ2n) is 4.20. The molecule has 0 unspecified atom stereocenters. The van der Waals surface area contributed by atoms with Crippen LogP contribution in [0.15, 0.2) is 29.1 Å². The third kappa shape index (κ3) is 1.69. The number of amides is 1. The summed E-state index contributed by atoms with van der Waals surface area (Å²) in [6.45, 7) is -0.184. The smallest absolute Gasteiger partial charge is 0.312 e. The fraction of sp³-hybridized carbons (Fsp3) is 0.182. The van der Waals surface area contributed by atoms with Gasteiger partial charge in [-0.1, -0.05) is 12.1 Å². The zero-order valence-corrected chi connectivity index (χ0v) is 9.85. The minimum atomic E-state index is -0.512. The average Bonchev–Trinajstić information content (AvgIpc) is 2.71. The van der Waals surface area contributed by atoms with Crippen molar-refractivity contribution in [1.82, 2.24) is 14.7 Å². The van der Waals surface area contributed by atoms with Gasteiger partial charge in [-0.2, -0.15) is 0 Å². The number of carbonyl (C=O) groups excluding carboxylic acids is 1. The van der Waals surface area contributed by atoms with E-state index >= 15 is 0 Å². The van der Waals surface area contributed by atoms with E-state index in [4.69, 9.17) is 5.73 Å². The van der Waals surface area contributed by atoms with Crippen LogP contribution in [0.1, 0.15) is 0 Å². The lowest BCUT2D eigenvalue weighted by molar-refractivity contribution is -0.156. The van der Waals surface area contributed by atoms with Gasteiger partial charge in [0.2, 0.25) is 0 Å². The van der Waals surface area contributed by atoms with Crippen molar-refractivity contribution in [2.45, 2.75) is 0 Å². The largest absolute Gasteiger partial charge is 0.379 e. The van der Waals surface area contributed by atoms with Gasteiger partial charge in [0.05, 0.1) is 11.0 Å². The van der Waals surface area contributed by atoms with E-state index in [2.05, 4.69) is 4.98 Å². The Labute approximate surface area is 107 Å². The Hall–Kier alpha value is -2.61. The van der Waals surface area contributed by atoms with E-state index in [-0.39, 0.29) is 19.0 Å². The predicted molar refractivity (Wildman–Crippen MR) is 67.0 cm³/mol. The summed E-state index contributed by atoms with van der Waals surface area (Å²) in [4.78, 5) is 27.5. The molecule has 98 valence electrons. The number of rotatable bonds is 1. The van der Waals surface area contributed by atoms with E-state index in [1.807, 2.05) is 0 Å². The number of hydroxylamine groups is 2.